The van der Waals surface area contributed by atoms with Gasteiger partial charge in [-0.3, -0.25) is 19.3 Å². The Hall–Kier alpha value is -6.12. The molecule has 0 aliphatic carbocycles. The molecule has 8 atom stereocenters. The second kappa shape index (κ2) is 22.7. The Bertz CT molecular complexity index is 3390. The van der Waals surface area contributed by atoms with Gasteiger partial charge in [-0.1, -0.05) is 62.7 Å². The van der Waals surface area contributed by atoms with E-state index in [0.717, 1.165) is 59.7 Å². The van der Waals surface area contributed by atoms with Gasteiger partial charge in [0, 0.05) is 73.0 Å². The molecule has 2 unspecified atom stereocenters. The molecule has 0 saturated carbocycles. The minimum Gasteiger partial charge on any atom is -0.462 e. The van der Waals surface area contributed by atoms with Crippen LogP contribution >= 0.6 is 34.3 Å². The number of likely N-dealkylation sites (tertiary alicyclic amines) is 3. The minimum atomic E-state index is -1.02. The van der Waals surface area contributed by atoms with Gasteiger partial charge in [0.25, 0.3) is 0 Å². The van der Waals surface area contributed by atoms with Crippen LogP contribution in [0.25, 0.3) is 42.6 Å². The van der Waals surface area contributed by atoms with Crippen molar-refractivity contribution in [3.8, 4) is 33.6 Å². The van der Waals surface area contributed by atoms with Crippen LogP contribution in [0.1, 0.15) is 101 Å². The molecule has 3 aromatic carbocycles. The maximum atomic E-state index is 17.4. The summed E-state index contributed by atoms with van der Waals surface area (Å²) < 4.78 is 39.2. The lowest BCUT2D eigenvalue weighted by Crippen LogP contribution is -2.60. The number of anilines is 2. The average Bonchev–Trinajstić information content (AvgIpc) is 4.32. The van der Waals surface area contributed by atoms with Gasteiger partial charge in [0.2, 0.25) is 17.7 Å². The molecule has 5 aliphatic rings. The van der Waals surface area contributed by atoms with Crippen LogP contribution in [0, 0.1) is 35.3 Å². The lowest BCUT2D eigenvalue weighted by Gasteiger charge is -2.43. The summed E-state index contributed by atoms with van der Waals surface area (Å²) in [7, 11) is 0. The molecule has 5 aliphatic heterocycles. The molecule has 11 rings (SSSR count). The molecular weight excluding hydrogens is 1080 g/mol. The molecule has 5 saturated heterocycles. The van der Waals surface area contributed by atoms with E-state index in [1.165, 1.54) is 28.4 Å². The number of nitrogens with one attached hydrogen (secondary N) is 2. The molecule has 5 fully saturated rings. The van der Waals surface area contributed by atoms with Crippen molar-refractivity contribution in [2.24, 2.45) is 5.41 Å². The SMILES string of the molecule is Cc1ncsc1-c1ccc([C@H](CO)NC(=O)[C@@H]2C[C@@H](O)CN2C(=O)[C@@H](N2C(=O)CC[C@@H]2CCCN2CCC[C@H]2COc2nc(N3CC4CCC(C3)N4)c3cc(Cl)c(-c4ccc(F)c5sc(N)c(C#N)c45)c(F)c3n2)C(C)(C)C)cc1. The third-order valence-electron chi connectivity index (χ3n) is 16.8. The van der Waals surface area contributed by atoms with Crippen molar-refractivity contribution in [1.82, 2.24) is 40.3 Å². The highest BCUT2D eigenvalue weighted by molar-refractivity contribution is 7.23. The first-order chi connectivity index (χ1) is 38.4. The van der Waals surface area contributed by atoms with Gasteiger partial charge in [-0.15, -0.1) is 22.7 Å². The van der Waals surface area contributed by atoms with Crippen LogP contribution in [-0.2, 0) is 14.4 Å². The Morgan fingerprint density at radius 1 is 1.06 bits per heavy atom. The van der Waals surface area contributed by atoms with E-state index in [1.807, 2.05) is 52.0 Å². The molecule has 22 heteroatoms. The van der Waals surface area contributed by atoms with E-state index in [4.69, 9.17) is 32.0 Å². The molecule has 3 amide bonds. The Morgan fingerprint density at radius 3 is 2.52 bits per heavy atom. The van der Waals surface area contributed by atoms with Gasteiger partial charge >= 0.3 is 6.01 Å². The fraction of sp³-hybridized carbons (Fsp3) is 0.500. The van der Waals surface area contributed by atoms with Gasteiger partial charge in [-0.25, -0.2) is 13.8 Å². The summed E-state index contributed by atoms with van der Waals surface area (Å²) in [5, 5.41) is 38.9. The van der Waals surface area contributed by atoms with E-state index in [2.05, 4.69) is 31.5 Å². The van der Waals surface area contributed by atoms with Crippen molar-refractivity contribution < 1.29 is 38.1 Å². The summed E-state index contributed by atoms with van der Waals surface area (Å²) in [6.45, 7) is 10.3. The van der Waals surface area contributed by atoms with Gasteiger partial charge in [0.1, 0.15) is 46.9 Å². The molecule has 422 valence electrons. The monoisotopic (exact) mass is 1150 g/mol. The Morgan fingerprint density at radius 2 is 1.82 bits per heavy atom. The van der Waals surface area contributed by atoms with Crippen molar-refractivity contribution in [3.63, 3.8) is 0 Å². The zero-order chi connectivity index (χ0) is 56.3. The van der Waals surface area contributed by atoms with Gasteiger partial charge in [-0.05, 0) is 99.2 Å². The molecule has 17 nitrogen and oxygen atoms in total. The van der Waals surface area contributed by atoms with Crippen LogP contribution in [0.15, 0.2) is 48.0 Å². The number of nitriles is 1. The van der Waals surface area contributed by atoms with Crippen LogP contribution in [0.4, 0.5) is 19.6 Å². The third-order valence-corrected chi connectivity index (χ3v) is 19.1. The van der Waals surface area contributed by atoms with Crippen LogP contribution < -0.4 is 26.0 Å². The predicted octanol–water partition coefficient (Wildman–Crippen LogP) is 8.11. The fourth-order valence-electron chi connectivity index (χ4n) is 13.0. The summed E-state index contributed by atoms with van der Waals surface area (Å²) in [5.41, 5.74) is 10.0. The van der Waals surface area contributed by atoms with Crippen LogP contribution in [-0.4, -0.2) is 146 Å². The smallest absolute Gasteiger partial charge is 0.319 e. The summed E-state index contributed by atoms with van der Waals surface area (Å²) in [5.74, 6) is -1.86. The largest absolute Gasteiger partial charge is 0.462 e. The number of nitrogens with two attached hydrogens (primary N) is 1. The van der Waals surface area contributed by atoms with Crippen molar-refractivity contribution >= 4 is 83.8 Å². The van der Waals surface area contributed by atoms with E-state index >= 15 is 8.78 Å². The minimum absolute atomic E-state index is 0.00326. The zero-order valence-corrected chi connectivity index (χ0v) is 47.6. The number of hydrogen-bond donors (Lipinski definition) is 5. The second-order valence-electron chi connectivity index (χ2n) is 23.1. The number of benzene rings is 3. The second-order valence-corrected chi connectivity index (χ2v) is 25.5. The van der Waals surface area contributed by atoms with Crippen LogP contribution in [0.3, 0.4) is 0 Å². The quantitative estimate of drug-likeness (QED) is 0.0617. The Labute approximate surface area is 476 Å². The molecule has 3 aromatic heterocycles. The number of rotatable bonds is 16. The van der Waals surface area contributed by atoms with Gasteiger partial charge in [0.15, 0.2) is 5.82 Å². The summed E-state index contributed by atoms with van der Waals surface area (Å²) in [6.07, 6.45) is 5.03. The number of carbonyl (C=O) groups is 3. The average molecular weight is 1150 g/mol. The Kier molecular flexibility index (Phi) is 15.8. The molecule has 0 spiro atoms. The number of ether oxygens (including phenoxy) is 1. The number of piperazine rings is 1. The number of hydrogen-bond acceptors (Lipinski definition) is 16. The number of aliphatic hydroxyl groups is 2. The van der Waals surface area contributed by atoms with Crippen LogP contribution in [0.2, 0.25) is 5.02 Å². The molecule has 2 bridgehead atoms. The van der Waals surface area contributed by atoms with Gasteiger partial charge in [-0.2, -0.15) is 15.2 Å². The number of halogens is 3. The molecule has 8 heterocycles. The molecule has 6 aromatic rings. The number of carbonyl (C=O) groups excluding carboxylic acids is 3. The normalized spacial score (nSPS) is 23.1. The molecule has 80 heavy (non-hydrogen) atoms. The van der Waals surface area contributed by atoms with Gasteiger partial charge < -0.3 is 46.0 Å². The van der Waals surface area contributed by atoms with E-state index in [0.29, 0.717) is 55.7 Å². The first kappa shape index (κ1) is 55.8. The topological polar surface area (TPSA) is 226 Å². The lowest BCUT2D eigenvalue weighted by atomic mass is 9.83. The van der Waals surface area contributed by atoms with Crippen molar-refractivity contribution in [2.75, 3.05) is 56.6 Å². The van der Waals surface area contributed by atoms with Crippen LogP contribution in [0.5, 0.6) is 6.01 Å². The maximum Gasteiger partial charge on any atom is 0.319 e. The number of amides is 3. The van der Waals surface area contributed by atoms with E-state index < -0.39 is 53.1 Å². The summed E-state index contributed by atoms with van der Waals surface area (Å²) in [4.78, 5) is 65.7. The molecular formula is C58H66ClF2N11O6S2. The molecule has 6 N–H and O–H groups in total. The first-order valence-corrected chi connectivity index (χ1v) is 29.7. The summed E-state index contributed by atoms with van der Waals surface area (Å²) in [6, 6.07) is 11.4. The van der Waals surface area contributed by atoms with E-state index in [9.17, 15) is 29.9 Å². The van der Waals surface area contributed by atoms with Crippen molar-refractivity contribution in [1.29, 1.82) is 5.26 Å². The number of nitrogen functional groups attached to an aromatic ring is 1. The Balaban J connectivity index is 0.781. The number of aromatic nitrogens is 3. The molecule has 0 radical (unpaired) electrons. The number of thiophene rings is 1. The van der Waals surface area contributed by atoms with Crippen molar-refractivity contribution in [2.45, 2.75) is 134 Å². The fourth-order valence-corrected chi connectivity index (χ4v) is 15.0. The maximum absolute atomic E-state index is 17.4. The van der Waals surface area contributed by atoms with E-state index in [1.54, 1.807) is 16.5 Å². The van der Waals surface area contributed by atoms with Gasteiger partial charge in [0.05, 0.1) is 50.1 Å². The highest BCUT2D eigenvalue weighted by Crippen LogP contribution is 2.46. The number of aryl methyl sites for hydroxylation is 1. The number of fused-ring (bicyclic) bond motifs is 4. The summed E-state index contributed by atoms with van der Waals surface area (Å²) >= 11 is 9.43. The number of thiazole rings is 1. The standard InChI is InChI=1S/C58H66ClF2N11O6S2/c1-30-50(79-29-64-30)32-11-9-31(10-12-32)43(27-73)66-55(76)44-21-37(74)26-71(44)56(77)52(58(2,3)4)72-35(15-18-45(72)75)7-5-19-69-20-6-8-36(69)28-78-57-67-49-39(54(68-57)70-24-33-13-14-34(25-70)65-33)22-41(59)47(48(49)61)38-16-17-42(60)51-46(38)40(23-62)53(63)80-51/h9-12,16-17,22,29,33-37,43-44,52,65,73-74H,5-8,13-15,18-21,24-28,63H2,1-4H3,(H,66,76)/t33?,34?,35-,36-,37+,43-,44-,52+/m0/s1. The lowest BCUT2D eigenvalue weighted by molar-refractivity contribution is -0.152. The number of aliphatic hydroxyl groups excluding tert-OH is 2. The van der Waals surface area contributed by atoms with Crippen molar-refractivity contribution in [3.05, 3.63) is 81.5 Å². The number of β-amino-alcohol motifs (C(OH)–C–C–N with tert-alkyl or cyclic N) is 1. The van der Waals surface area contributed by atoms with E-state index in [-0.39, 0.29) is 111 Å². The first-order valence-electron chi connectivity index (χ1n) is 27.6. The highest BCUT2D eigenvalue weighted by Gasteiger charge is 2.50. The number of nitrogens with zero attached hydrogens (tertiary/aromatic N) is 8. The predicted molar refractivity (Wildman–Crippen MR) is 305 cm³/mol. The third kappa shape index (κ3) is 10.7. The zero-order valence-electron chi connectivity index (χ0n) is 45.2. The highest BCUT2D eigenvalue weighted by atomic mass is 35.5.